The Kier molecular flexibility index (Phi) is 4.93. The molecule has 0 spiro atoms. The number of benzene rings is 2. The second-order valence-electron chi connectivity index (χ2n) is 6.38. The molecule has 0 radical (unpaired) electrons. The van der Waals surface area contributed by atoms with Gasteiger partial charge in [0, 0.05) is 30.3 Å². The number of hydrogen-bond donors (Lipinski definition) is 0. The molecule has 0 bridgehead atoms. The van der Waals surface area contributed by atoms with Crippen LogP contribution >= 0.6 is 0 Å². The second-order valence-corrected chi connectivity index (χ2v) is 6.38. The van der Waals surface area contributed by atoms with E-state index in [1.807, 2.05) is 30.0 Å². The number of rotatable bonds is 4. The number of hydrogen-bond acceptors (Lipinski definition) is 3. The van der Waals surface area contributed by atoms with Crippen LogP contribution in [0.15, 0.2) is 60.7 Å². The van der Waals surface area contributed by atoms with Gasteiger partial charge >= 0.3 is 0 Å². The van der Waals surface area contributed by atoms with Crippen LogP contribution in [0, 0.1) is 16.0 Å². The molecular formula is C20H20N2O3. The first-order chi connectivity index (χ1) is 12.0. The van der Waals surface area contributed by atoms with Crippen LogP contribution in [0.25, 0.3) is 6.08 Å². The molecule has 0 N–H and O–H groups in total. The van der Waals surface area contributed by atoms with E-state index in [9.17, 15) is 14.9 Å². The molecule has 0 unspecified atom stereocenters. The normalized spacial score (nSPS) is 20.1. The Morgan fingerprint density at radius 2 is 1.84 bits per heavy atom. The minimum Gasteiger partial charge on any atom is -0.335 e. The summed E-state index contributed by atoms with van der Waals surface area (Å²) in [5, 5.41) is 10.7. The summed E-state index contributed by atoms with van der Waals surface area (Å²) in [7, 11) is 0. The highest BCUT2D eigenvalue weighted by Crippen LogP contribution is 2.27. The van der Waals surface area contributed by atoms with Crippen molar-refractivity contribution in [3.8, 4) is 0 Å². The topological polar surface area (TPSA) is 63.5 Å². The predicted octanol–water partition coefficient (Wildman–Crippen LogP) is 4.16. The van der Waals surface area contributed by atoms with Gasteiger partial charge in [-0.15, -0.1) is 0 Å². The molecule has 5 heteroatoms. The van der Waals surface area contributed by atoms with E-state index >= 15 is 0 Å². The molecule has 0 aliphatic carbocycles. The summed E-state index contributed by atoms with van der Waals surface area (Å²) in [6, 6.07) is 16.0. The quantitative estimate of drug-likeness (QED) is 0.622. The molecule has 2 atom stereocenters. The van der Waals surface area contributed by atoms with Crippen molar-refractivity contribution in [2.45, 2.75) is 19.4 Å². The lowest BCUT2D eigenvalue weighted by molar-refractivity contribution is -0.384. The summed E-state index contributed by atoms with van der Waals surface area (Å²) in [6.07, 6.45) is 5.17. The van der Waals surface area contributed by atoms with Gasteiger partial charge < -0.3 is 4.90 Å². The van der Waals surface area contributed by atoms with E-state index in [4.69, 9.17) is 0 Å². The van der Waals surface area contributed by atoms with Gasteiger partial charge in [0.2, 0.25) is 0 Å². The highest BCUT2D eigenvalue weighted by atomic mass is 16.6. The molecule has 2 aromatic rings. The Hall–Kier alpha value is -2.95. The van der Waals surface area contributed by atoms with Crippen molar-refractivity contribution in [2.75, 3.05) is 6.54 Å². The van der Waals surface area contributed by atoms with Gasteiger partial charge in [-0.05, 0) is 37.0 Å². The standard InChI is InChI=1S/C20H20N2O3/c1-15-13-17(8-7-16-5-3-2-4-6-16)14-21(15)20(23)18-9-11-19(12-10-18)22(24)25/h2-12,15,17H,13-14H2,1H3/b8-7+/t15-,17+/m0/s1. The summed E-state index contributed by atoms with van der Waals surface area (Å²) < 4.78 is 0. The maximum absolute atomic E-state index is 12.7. The zero-order valence-electron chi connectivity index (χ0n) is 14.0. The molecule has 1 fully saturated rings. The van der Waals surface area contributed by atoms with E-state index in [2.05, 4.69) is 24.3 Å². The van der Waals surface area contributed by atoms with Crippen LogP contribution in [0.4, 0.5) is 5.69 Å². The van der Waals surface area contributed by atoms with E-state index in [0.717, 1.165) is 12.0 Å². The Morgan fingerprint density at radius 3 is 2.48 bits per heavy atom. The van der Waals surface area contributed by atoms with Crippen LogP contribution in [0.1, 0.15) is 29.3 Å². The predicted molar refractivity (Wildman–Crippen MR) is 97.2 cm³/mol. The van der Waals surface area contributed by atoms with Crippen LogP contribution < -0.4 is 0 Å². The van der Waals surface area contributed by atoms with Crippen molar-refractivity contribution in [1.82, 2.24) is 4.90 Å². The Labute approximate surface area is 146 Å². The first kappa shape index (κ1) is 16.9. The van der Waals surface area contributed by atoms with Crippen molar-refractivity contribution >= 4 is 17.7 Å². The lowest BCUT2D eigenvalue weighted by Crippen LogP contribution is -2.33. The molecule has 0 saturated carbocycles. The van der Waals surface area contributed by atoms with Gasteiger partial charge in [-0.1, -0.05) is 42.5 Å². The van der Waals surface area contributed by atoms with Gasteiger partial charge in [0.15, 0.2) is 0 Å². The molecule has 128 valence electrons. The average Bonchev–Trinajstić information content (AvgIpc) is 3.01. The van der Waals surface area contributed by atoms with Crippen LogP contribution in [-0.2, 0) is 0 Å². The fourth-order valence-electron chi connectivity index (χ4n) is 3.20. The average molecular weight is 336 g/mol. The van der Waals surface area contributed by atoms with Crippen molar-refractivity contribution in [1.29, 1.82) is 0 Å². The first-order valence-electron chi connectivity index (χ1n) is 8.33. The zero-order chi connectivity index (χ0) is 17.8. The minimum atomic E-state index is -0.461. The summed E-state index contributed by atoms with van der Waals surface area (Å²) in [4.78, 5) is 24.8. The number of nitro benzene ring substituents is 1. The molecule has 1 aliphatic rings. The maximum Gasteiger partial charge on any atom is 0.269 e. The molecule has 5 nitrogen and oxygen atoms in total. The van der Waals surface area contributed by atoms with Crippen LogP contribution in [0.5, 0.6) is 0 Å². The van der Waals surface area contributed by atoms with Crippen molar-refractivity contribution < 1.29 is 9.72 Å². The molecule has 25 heavy (non-hydrogen) atoms. The molecule has 1 amide bonds. The first-order valence-corrected chi connectivity index (χ1v) is 8.33. The van der Waals surface area contributed by atoms with Crippen molar-refractivity contribution in [3.63, 3.8) is 0 Å². The lowest BCUT2D eigenvalue weighted by Gasteiger charge is -2.21. The largest absolute Gasteiger partial charge is 0.335 e. The summed E-state index contributed by atoms with van der Waals surface area (Å²) in [6.45, 7) is 2.71. The highest BCUT2D eigenvalue weighted by molar-refractivity contribution is 5.94. The molecule has 1 aliphatic heterocycles. The van der Waals surface area contributed by atoms with Crippen LogP contribution in [0.3, 0.4) is 0 Å². The number of non-ortho nitro benzene ring substituents is 1. The monoisotopic (exact) mass is 336 g/mol. The molecule has 0 aromatic heterocycles. The molecule has 3 rings (SSSR count). The van der Waals surface area contributed by atoms with E-state index in [0.29, 0.717) is 18.0 Å². The van der Waals surface area contributed by atoms with Crippen LogP contribution in [0.2, 0.25) is 0 Å². The molecule has 1 heterocycles. The van der Waals surface area contributed by atoms with E-state index in [-0.39, 0.29) is 17.6 Å². The summed E-state index contributed by atoms with van der Waals surface area (Å²) in [5.74, 6) is 0.246. The van der Waals surface area contributed by atoms with Gasteiger partial charge in [0.05, 0.1) is 4.92 Å². The zero-order valence-corrected chi connectivity index (χ0v) is 14.0. The van der Waals surface area contributed by atoms with Crippen LogP contribution in [-0.4, -0.2) is 28.3 Å². The van der Waals surface area contributed by atoms with Gasteiger partial charge in [-0.3, -0.25) is 14.9 Å². The number of nitrogens with zero attached hydrogens (tertiary/aromatic N) is 2. The van der Waals surface area contributed by atoms with Gasteiger partial charge in [0.25, 0.3) is 11.6 Å². The SMILES string of the molecule is C[C@H]1C[C@@H](/C=C/c2ccccc2)CN1C(=O)c1ccc([N+](=O)[O-])cc1. The second kappa shape index (κ2) is 7.30. The summed E-state index contributed by atoms with van der Waals surface area (Å²) >= 11 is 0. The van der Waals surface area contributed by atoms with Crippen molar-refractivity contribution in [2.24, 2.45) is 5.92 Å². The number of carbonyl (C=O) groups is 1. The number of amides is 1. The fourth-order valence-corrected chi connectivity index (χ4v) is 3.20. The van der Waals surface area contributed by atoms with Gasteiger partial charge in [-0.2, -0.15) is 0 Å². The smallest absolute Gasteiger partial charge is 0.269 e. The Bertz CT molecular complexity index is 784. The van der Waals surface area contributed by atoms with Crippen molar-refractivity contribution in [3.05, 3.63) is 81.9 Å². The third kappa shape index (κ3) is 3.94. The van der Waals surface area contributed by atoms with Gasteiger partial charge in [-0.25, -0.2) is 0 Å². The summed E-state index contributed by atoms with van der Waals surface area (Å²) in [5.41, 5.74) is 1.63. The third-order valence-corrected chi connectivity index (χ3v) is 4.55. The van der Waals surface area contributed by atoms with Gasteiger partial charge in [0.1, 0.15) is 0 Å². The Morgan fingerprint density at radius 1 is 1.16 bits per heavy atom. The maximum atomic E-state index is 12.7. The Balaban J connectivity index is 1.67. The highest BCUT2D eigenvalue weighted by Gasteiger charge is 2.31. The number of nitro groups is 1. The molecular weight excluding hydrogens is 316 g/mol. The van der Waals surface area contributed by atoms with E-state index in [1.54, 1.807) is 0 Å². The fraction of sp³-hybridized carbons (Fsp3) is 0.250. The molecule has 1 saturated heterocycles. The molecule has 2 aromatic carbocycles. The number of likely N-dealkylation sites (tertiary alicyclic amines) is 1. The lowest BCUT2D eigenvalue weighted by atomic mass is 10.0. The number of carbonyl (C=O) groups excluding carboxylic acids is 1. The third-order valence-electron chi connectivity index (χ3n) is 4.55. The minimum absolute atomic E-state index is 0.00492. The van der Waals surface area contributed by atoms with E-state index < -0.39 is 4.92 Å². The van der Waals surface area contributed by atoms with E-state index in [1.165, 1.54) is 24.3 Å².